The van der Waals surface area contributed by atoms with E-state index in [1.54, 1.807) is 24.3 Å². The number of Topliss-reactive ketones (excluding diaryl/α,β-unsaturated/α-hetero) is 1. The maximum absolute atomic E-state index is 12.7. The fraction of sp³-hybridized carbons (Fsp3) is 0.278. The Kier molecular flexibility index (Phi) is 5.05. The number of nitrogens with zero attached hydrogens (tertiary/aromatic N) is 4. The van der Waals surface area contributed by atoms with Crippen LogP contribution in [0.3, 0.4) is 0 Å². The van der Waals surface area contributed by atoms with Crippen molar-refractivity contribution in [2.45, 2.75) is 33.5 Å². The molecule has 0 aliphatic rings. The number of alkyl halides is 3. The topological polar surface area (TPSA) is 52.2 Å². The molecule has 0 amide bonds. The SMILES string of the molecule is CCn1c(C)c(C(C)=O)sc1=Nc1ccc(-n2ccc(C(F)(F)F)n2)cc1. The number of carbonyl (C=O) groups is 1. The summed E-state index contributed by atoms with van der Waals surface area (Å²) in [6, 6.07) is 7.63. The summed E-state index contributed by atoms with van der Waals surface area (Å²) in [6.07, 6.45) is -3.21. The van der Waals surface area contributed by atoms with E-state index in [1.165, 1.54) is 29.1 Å². The molecule has 2 aromatic heterocycles. The molecule has 1 aromatic carbocycles. The number of thiazole rings is 1. The second-order valence-electron chi connectivity index (χ2n) is 5.87. The van der Waals surface area contributed by atoms with E-state index in [0.717, 1.165) is 11.8 Å². The van der Waals surface area contributed by atoms with E-state index >= 15 is 0 Å². The number of ketones is 1. The van der Waals surface area contributed by atoms with Gasteiger partial charge in [0.15, 0.2) is 16.3 Å². The first-order valence-electron chi connectivity index (χ1n) is 8.20. The Labute approximate surface area is 157 Å². The second kappa shape index (κ2) is 7.15. The summed E-state index contributed by atoms with van der Waals surface area (Å²) < 4.78 is 41.1. The summed E-state index contributed by atoms with van der Waals surface area (Å²) in [7, 11) is 0. The van der Waals surface area contributed by atoms with Crippen LogP contribution in [0, 0.1) is 6.92 Å². The minimum absolute atomic E-state index is 0.00403. The minimum atomic E-state index is -4.47. The van der Waals surface area contributed by atoms with Crippen LogP contribution in [0.1, 0.15) is 34.9 Å². The van der Waals surface area contributed by atoms with E-state index in [2.05, 4.69) is 10.1 Å². The van der Waals surface area contributed by atoms with Crippen molar-refractivity contribution in [1.82, 2.24) is 14.3 Å². The normalized spacial score (nSPS) is 12.6. The Morgan fingerprint density at radius 1 is 1.22 bits per heavy atom. The lowest BCUT2D eigenvalue weighted by molar-refractivity contribution is -0.141. The van der Waals surface area contributed by atoms with Gasteiger partial charge in [0.1, 0.15) is 0 Å². The molecule has 0 atom stereocenters. The Bertz CT molecular complexity index is 1040. The molecule has 0 aliphatic carbocycles. The molecule has 142 valence electrons. The molecule has 5 nitrogen and oxygen atoms in total. The maximum atomic E-state index is 12.7. The molecule has 0 aliphatic heterocycles. The molecule has 0 radical (unpaired) electrons. The predicted octanol–water partition coefficient (Wildman–Crippen LogP) is 4.52. The van der Waals surface area contributed by atoms with Gasteiger partial charge in [-0.05, 0) is 44.2 Å². The number of hydrogen-bond donors (Lipinski definition) is 0. The average Bonchev–Trinajstić information content (AvgIpc) is 3.21. The van der Waals surface area contributed by atoms with E-state index < -0.39 is 11.9 Å². The number of carbonyl (C=O) groups excluding carboxylic acids is 1. The van der Waals surface area contributed by atoms with Gasteiger partial charge < -0.3 is 4.57 Å². The summed E-state index contributed by atoms with van der Waals surface area (Å²) in [6.45, 7) is 6.06. The zero-order valence-corrected chi connectivity index (χ0v) is 15.7. The highest BCUT2D eigenvalue weighted by molar-refractivity contribution is 7.11. The van der Waals surface area contributed by atoms with Crippen molar-refractivity contribution < 1.29 is 18.0 Å². The van der Waals surface area contributed by atoms with Crippen molar-refractivity contribution in [2.24, 2.45) is 4.99 Å². The average molecular weight is 394 g/mol. The monoisotopic (exact) mass is 394 g/mol. The predicted molar refractivity (Wildman–Crippen MR) is 96.5 cm³/mol. The minimum Gasteiger partial charge on any atom is -0.321 e. The molecule has 3 aromatic rings. The van der Waals surface area contributed by atoms with Crippen LogP contribution in [0.15, 0.2) is 41.5 Å². The van der Waals surface area contributed by atoms with Crippen molar-refractivity contribution >= 4 is 22.8 Å². The van der Waals surface area contributed by atoms with Crippen molar-refractivity contribution in [3.05, 3.63) is 57.6 Å². The Balaban J connectivity index is 1.95. The van der Waals surface area contributed by atoms with Crippen LogP contribution in [-0.4, -0.2) is 20.1 Å². The zero-order valence-electron chi connectivity index (χ0n) is 14.9. The van der Waals surface area contributed by atoms with Crippen LogP contribution < -0.4 is 4.80 Å². The highest BCUT2D eigenvalue weighted by atomic mass is 32.1. The van der Waals surface area contributed by atoms with Gasteiger partial charge in [0, 0.05) is 25.4 Å². The lowest BCUT2D eigenvalue weighted by Crippen LogP contribution is -2.14. The van der Waals surface area contributed by atoms with Crippen molar-refractivity contribution in [3.63, 3.8) is 0 Å². The van der Waals surface area contributed by atoms with Gasteiger partial charge in [-0.25, -0.2) is 9.67 Å². The molecule has 0 fully saturated rings. The first-order valence-corrected chi connectivity index (χ1v) is 9.01. The molecular formula is C18H17F3N4OS. The van der Waals surface area contributed by atoms with Crippen LogP contribution in [0.2, 0.25) is 0 Å². The fourth-order valence-electron chi connectivity index (χ4n) is 2.68. The fourth-order valence-corrected chi connectivity index (χ4v) is 3.79. The molecule has 0 N–H and O–H groups in total. The highest BCUT2D eigenvalue weighted by Gasteiger charge is 2.33. The molecule has 3 rings (SSSR count). The molecule has 0 spiro atoms. The van der Waals surface area contributed by atoms with E-state index in [4.69, 9.17) is 0 Å². The number of aromatic nitrogens is 3. The van der Waals surface area contributed by atoms with E-state index in [9.17, 15) is 18.0 Å². The van der Waals surface area contributed by atoms with Crippen LogP contribution in [-0.2, 0) is 12.7 Å². The van der Waals surface area contributed by atoms with Crippen LogP contribution >= 0.6 is 11.3 Å². The molecule has 0 saturated heterocycles. The standard InChI is InChI=1S/C18H17F3N4OS/c1-4-24-11(2)16(12(3)26)27-17(24)22-13-5-7-14(8-6-13)25-10-9-15(23-25)18(19,20)21/h5-10H,4H2,1-3H3. The number of rotatable bonds is 4. The third-order valence-corrected chi connectivity index (χ3v) is 5.29. The lowest BCUT2D eigenvalue weighted by atomic mass is 10.3. The van der Waals surface area contributed by atoms with Crippen molar-refractivity contribution in [2.75, 3.05) is 0 Å². The van der Waals surface area contributed by atoms with Gasteiger partial charge in [-0.1, -0.05) is 11.3 Å². The summed E-state index contributed by atoms with van der Waals surface area (Å²) in [5.41, 5.74) is 1.08. The van der Waals surface area contributed by atoms with Gasteiger partial charge in [0.25, 0.3) is 0 Å². The Morgan fingerprint density at radius 2 is 1.89 bits per heavy atom. The zero-order chi connectivity index (χ0) is 19.8. The molecule has 0 bridgehead atoms. The van der Waals surface area contributed by atoms with Gasteiger partial charge in [-0.2, -0.15) is 18.3 Å². The highest BCUT2D eigenvalue weighted by Crippen LogP contribution is 2.28. The summed E-state index contributed by atoms with van der Waals surface area (Å²) in [5.74, 6) is -0.00403. The number of halogens is 3. The first kappa shape index (κ1) is 19.1. The second-order valence-corrected chi connectivity index (χ2v) is 6.85. The van der Waals surface area contributed by atoms with Gasteiger partial charge in [0.05, 0.1) is 16.3 Å². The molecule has 9 heteroatoms. The van der Waals surface area contributed by atoms with Crippen molar-refractivity contribution in [1.29, 1.82) is 0 Å². The van der Waals surface area contributed by atoms with Crippen LogP contribution in [0.5, 0.6) is 0 Å². The number of benzene rings is 1. The first-order chi connectivity index (χ1) is 12.7. The maximum Gasteiger partial charge on any atom is 0.435 e. The lowest BCUT2D eigenvalue weighted by Gasteiger charge is -2.04. The van der Waals surface area contributed by atoms with Crippen LogP contribution in [0.25, 0.3) is 5.69 Å². The van der Waals surface area contributed by atoms with E-state index in [0.29, 0.717) is 27.6 Å². The smallest absolute Gasteiger partial charge is 0.321 e. The van der Waals surface area contributed by atoms with Gasteiger partial charge in [0.2, 0.25) is 0 Å². The van der Waals surface area contributed by atoms with Gasteiger partial charge in [-0.3, -0.25) is 4.79 Å². The Morgan fingerprint density at radius 3 is 2.41 bits per heavy atom. The molecule has 27 heavy (non-hydrogen) atoms. The quantitative estimate of drug-likeness (QED) is 0.611. The summed E-state index contributed by atoms with van der Waals surface area (Å²) in [5, 5.41) is 3.55. The molecule has 0 unspecified atom stereocenters. The van der Waals surface area contributed by atoms with Crippen molar-refractivity contribution in [3.8, 4) is 5.69 Å². The summed E-state index contributed by atoms with van der Waals surface area (Å²) >= 11 is 1.32. The largest absolute Gasteiger partial charge is 0.435 e. The van der Waals surface area contributed by atoms with Crippen LogP contribution in [0.4, 0.5) is 18.9 Å². The summed E-state index contributed by atoms with van der Waals surface area (Å²) in [4.78, 5) is 17.7. The number of hydrogen-bond acceptors (Lipinski definition) is 4. The molecular weight excluding hydrogens is 377 g/mol. The third kappa shape index (κ3) is 3.87. The molecule has 0 saturated carbocycles. The van der Waals surface area contributed by atoms with E-state index in [-0.39, 0.29) is 5.78 Å². The Hall–Kier alpha value is -2.68. The van der Waals surface area contributed by atoms with Gasteiger partial charge >= 0.3 is 6.18 Å². The van der Waals surface area contributed by atoms with E-state index in [1.807, 2.05) is 18.4 Å². The van der Waals surface area contributed by atoms with Gasteiger partial charge in [-0.15, -0.1) is 0 Å². The molecule has 2 heterocycles. The third-order valence-electron chi connectivity index (χ3n) is 4.01.